The molecule has 0 fully saturated rings. The molecule has 19 heavy (non-hydrogen) atoms. The largest absolute Gasteiger partial charge is 0.496 e. The summed E-state index contributed by atoms with van der Waals surface area (Å²) in [6, 6.07) is 2.27. The number of benzene rings is 1. The summed E-state index contributed by atoms with van der Waals surface area (Å²) in [5.41, 5.74) is 11.0. The van der Waals surface area contributed by atoms with E-state index in [1.54, 1.807) is 7.11 Å². The second kappa shape index (κ2) is 6.92. The molecule has 1 aromatic rings. The van der Waals surface area contributed by atoms with Gasteiger partial charge in [0.05, 0.1) is 7.11 Å². The Morgan fingerprint density at radius 3 is 2.32 bits per heavy atom. The van der Waals surface area contributed by atoms with Gasteiger partial charge in [-0.3, -0.25) is 0 Å². The third-order valence-corrected chi connectivity index (χ3v) is 3.81. The van der Waals surface area contributed by atoms with Crippen molar-refractivity contribution in [2.24, 2.45) is 5.73 Å². The average Bonchev–Trinajstić information content (AvgIpc) is 2.33. The number of ether oxygens (including phenoxy) is 1. The molecule has 0 radical (unpaired) electrons. The molecule has 1 rings (SSSR count). The Morgan fingerprint density at radius 1 is 1.21 bits per heavy atom. The monoisotopic (exact) mass is 264 g/mol. The third-order valence-electron chi connectivity index (χ3n) is 3.81. The molecule has 0 heterocycles. The van der Waals surface area contributed by atoms with E-state index in [0.29, 0.717) is 5.92 Å². The Labute approximate surface area is 117 Å². The molecule has 0 aliphatic carbocycles. The molecule has 1 atom stereocenters. The van der Waals surface area contributed by atoms with Crippen LogP contribution in [0.3, 0.4) is 0 Å². The summed E-state index contributed by atoms with van der Waals surface area (Å²) < 4.78 is 5.50. The minimum absolute atomic E-state index is 0.489. The van der Waals surface area contributed by atoms with E-state index < -0.39 is 0 Å². The number of hydrogen-bond donors (Lipinski definition) is 1. The SMILES string of the molecule is COc1c(C)cc(C(CCN)CN(C)C)c(C)c1C. The van der Waals surface area contributed by atoms with Gasteiger partial charge < -0.3 is 15.4 Å². The molecule has 0 aliphatic heterocycles. The normalized spacial score (nSPS) is 12.8. The molecule has 0 spiro atoms. The van der Waals surface area contributed by atoms with Crippen molar-refractivity contribution in [3.8, 4) is 5.75 Å². The lowest BCUT2D eigenvalue weighted by Gasteiger charge is -2.25. The Balaban J connectivity index is 3.23. The molecule has 0 saturated carbocycles. The lowest BCUT2D eigenvalue weighted by molar-refractivity contribution is 0.363. The van der Waals surface area contributed by atoms with Crippen molar-refractivity contribution in [3.05, 3.63) is 28.3 Å². The molecule has 0 saturated heterocycles. The predicted molar refractivity (Wildman–Crippen MR) is 82.2 cm³/mol. The van der Waals surface area contributed by atoms with Gasteiger partial charge in [0, 0.05) is 6.54 Å². The molecule has 0 aliphatic rings. The first-order valence-electron chi connectivity index (χ1n) is 6.91. The van der Waals surface area contributed by atoms with Crippen molar-refractivity contribution < 1.29 is 4.74 Å². The number of nitrogens with two attached hydrogens (primary N) is 1. The van der Waals surface area contributed by atoms with Crippen LogP contribution < -0.4 is 10.5 Å². The van der Waals surface area contributed by atoms with E-state index in [1.807, 2.05) is 0 Å². The molecule has 2 N–H and O–H groups in total. The predicted octanol–water partition coefficient (Wildman–Crippen LogP) is 2.61. The van der Waals surface area contributed by atoms with Crippen molar-refractivity contribution in [3.63, 3.8) is 0 Å². The first kappa shape index (κ1) is 16.0. The maximum absolute atomic E-state index is 5.78. The topological polar surface area (TPSA) is 38.5 Å². The number of hydrogen-bond acceptors (Lipinski definition) is 3. The summed E-state index contributed by atoms with van der Waals surface area (Å²) in [5, 5.41) is 0. The number of nitrogens with zero attached hydrogens (tertiary/aromatic N) is 1. The van der Waals surface area contributed by atoms with Gasteiger partial charge >= 0.3 is 0 Å². The second-order valence-electron chi connectivity index (χ2n) is 5.60. The van der Waals surface area contributed by atoms with Crippen LogP contribution in [0.25, 0.3) is 0 Å². The lowest BCUT2D eigenvalue weighted by Crippen LogP contribution is -2.23. The summed E-state index contributed by atoms with van der Waals surface area (Å²) in [7, 11) is 5.97. The van der Waals surface area contributed by atoms with E-state index in [1.165, 1.54) is 22.3 Å². The van der Waals surface area contributed by atoms with Crippen LogP contribution in [0.2, 0.25) is 0 Å². The Bertz CT molecular complexity index is 427. The van der Waals surface area contributed by atoms with Crippen LogP contribution in [0.15, 0.2) is 6.07 Å². The van der Waals surface area contributed by atoms with Crippen molar-refractivity contribution in [2.75, 3.05) is 34.3 Å². The zero-order chi connectivity index (χ0) is 14.6. The zero-order valence-electron chi connectivity index (χ0n) is 13.2. The van der Waals surface area contributed by atoms with Crippen LogP contribution in [0.4, 0.5) is 0 Å². The molecule has 1 aromatic carbocycles. The van der Waals surface area contributed by atoms with E-state index in [0.717, 1.165) is 25.3 Å². The maximum atomic E-state index is 5.78. The summed E-state index contributed by atoms with van der Waals surface area (Å²) >= 11 is 0. The summed E-state index contributed by atoms with van der Waals surface area (Å²) in [6.45, 7) is 8.20. The fourth-order valence-electron chi connectivity index (χ4n) is 2.81. The number of likely N-dealkylation sites (N-methyl/N-ethyl adjacent to an activating group) is 1. The standard InChI is InChI=1S/C16H28N2O/c1-11-9-15(12(2)13(3)16(11)19-6)14(7-8-17)10-18(4)5/h9,14H,7-8,10,17H2,1-6H3. The molecule has 0 aromatic heterocycles. The average molecular weight is 264 g/mol. The van der Waals surface area contributed by atoms with E-state index >= 15 is 0 Å². The highest BCUT2D eigenvalue weighted by Gasteiger charge is 2.18. The third kappa shape index (κ3) is 3.71. The van der Waals surface area contributed by atoms with Crippen LogP contribution in [-0.2, 0) is 0 Å². The summed E-state index contributed by atoms with van der Waals surface area (Å²) in [6.07, 6.45) is 1.02. The minimum atomic E-state index is 0.489. The number of aryl methyl sites for hydroxylation is 1. The lowest BCUT2D eigenvalue weighted by atomic mass is 9.87. The maximum Gasteiger partial charge on any atom is 0.124 e. The van der Waals surface area contributed by atoms with E-state index in [-0.39, 0.29) is 0 Å². The Morgan fingerprint density at radius 2 is 1.84 bits per heavy atom. The van der Waals surface area contributed by atoms with Gasteiger partial charge in [0.2, 0.25) is 0 Å². The summed E-state index contributed by atoms with van der Waals surface area (Å²) in [5.74, 6) is 1.50. The Hall–Kier alpha value is -1.06. The van der Waals surface area contributed by atoms with Gasteiger partial charge in [-0.2, -0.15) is 0 Å². The van der Waals surface area contributed by atoms with Crippen LogP contribution in [-0.4, -0.2) is 39.2 Å². The van der Waals surface area contributed by atoms with Crippen LogP contribution in [0.5, 0.6) is 5.75 Å². The molecule has 0 amide bonds. The molecule has 3 nitrogen and oxygen atoms in total. The number of methoxy groups -OCH3 is 1. The zero-order valence-corrected chi connectivity index (χ0v) is 13.2. The van der Waals surface area contributed by atoms with Gasteiger partial charge in [0.15, 0.2) is 0 Å². The summed E-state index contributed by atoms with van der Waals surface area (Å²) in [4.78, 5) is 2.23. The highest BCUT2D eigenvalue weighted by Crippen LogP contribution is 2.33. The molecule has 3 heteroatoms. The number of rotatable bonds is 6. The first-order chi connectivity index (χ1) is 8.92. The van der Waals surface area contributed by atoms with Crippen molar-refractivity contribution >= 4 is 0 Å². The first-order valence-corrected chi connectivity index (χ1v) is 6.91. The van der Waals surface area contributed by atoms with Gasteiger partial charge in [0.25, 0.3) is 0 Å². The van der Waals surface area contributed by atoms with Gasteiger partial charge in [-0.25, -0.2) is 0 Å². The molecular weight excluding hydrogens is 236 g/mol. The Kier molecular flexibility index (Phi) is 5.83. The second-order valence-corrected chi connectivity index (χ2v) is 5.60. The van der Waals surface area contributed by atoms with Gasteiger partial charge in [0.1, 0.15) is 5.75 Å². The van der Waals surface area contributed by atoms with E-state index in [9.17, 15) is 0 Å². The quantitative estimate of drug-likeness (QED) is 0.858. The smallest absolute Gasteiger partial charge is 0.124 e. The van der Waals surface area contributed by atoms with Crippen molar-refractivity contribution in [2.45, 2.75) is 33.1 Å². The molecule has 1 unspecified atom stereocenters. The van der Waals surface area contributed by atoms with Gasteiger partial charge in [-0.1, -0.05) is 6.07 Å². The highest BCUT2D eigenvalue weighted by atomic mass is 16.5. The molecule has 0 bridgehead atoms. The van der Waals surface area contributed by atoms with E-state index in [2.05, 4.69) is 45.8 Å². The van der Waals surface area contributed by atoms with Crippen LogP contribution in [0, 0.1) is 20.8 Å². The fraction of sp³-hybridized carbons (Fsp3) is 0.625. The van der Waals surface area contributed by atoms with Crippen LogP contribution >= 0.6 is 0 Å². The van der Waals surface area contributed by atoms with Crippen molar-refractivity contribution in [1.82, 2.24) is 4.90 Å². The van der Waals surface area contributed by atoms with E-state index in [4.69, 9.17) is 10.5 Å². The van der Waals surface area contributed by atoms with Crippen LogP contribution in [0.1, 0.15) is 34.6 Å². The highest BCUT2D eigenvalue weighted by molar-refractivity contribution is 5.50. The van der Waals surface area contributed by atoms with Crippen molar-refractivity contribution in [1.29, 1.82) is 0 Å². The minimum Gasteiger partial charge on any atom is -0.496 e. The fourth-order valence-corrected chi connectivity index (χ4v) is 2.81. The van der Waals surface area contributed by atoms with Gasteiger partial charge in [-0.15, -0.1) is 0 Å². The van der Waals surface area contributed by atoms with Gasteiger partial charge in [-0.05, 0) is 76.0 Å². The molecular formula is C16H28N2O. The molecule has 108 valence electrons.